The highest BCUT2D eigenvalue weighted by Gasteiger charge is 2.33. The first kappa shape index (κ1) is 18.5. The number of rotatable bonds is 8. The summed E-state index contributed by atoms with van der Waals surface area (Å²) in [5.41, 5.74) is 5.74. The molecular weight excluding hydrogens is 304 g/mol. The van der Waals surface area contributed by atoms with Crippen molar-refractivity contribution in [2.45, 2.75) is 63.3 Å². The lowest BCUT2D eigenvalue weighted by Crippen LogP contribution is -2.51. The van der Waals surface area contributed by atoms with E-state index in [9.17, 15) is 4.79 Å². The fourth-order valence-corrected chi connectivity index (χ4v) is 3.76. The van der Waals surface area contributed by atoms with Crippen LogP contribution >= 0.6 is 23.7 Å². The Bertz CT molecular complexity index is 402. The van der Waals surface area contributed by atoms with Crippen molar-refractivity contribution in [3.63, 3.8) is 0 Å². The molecule has 1 saturated carbocycles. The first-order chi connectivity index (χ1) is 9.74. The minimum absolute atomic E-state index is 0. The smallest absolute Gasteiger partial charge is 0.220 e. The molecule has 0 radical (unpaired) electrons. The van der Waals surface area contributed by atoms with E-state index in [2.05, 4.69) is 22.8 Å². The summed E-state index contributed by atoms with van der Waals surface area (Å²) >= 11 is 1.82. The van der Waals surface area contributed by atoms with Crippen LogP contribution in [0, 0.1) is 0 Å². The van der Waals surface area contributed by atoms with Crippen LogP contribution in [0.4, 0.5) is 0 Å². The Hall–Kier alpha value is -0.580. The minimum Gasteiger partial charge on any atom is -0.349 e. The molecule has 0 unspecified atom stereocenters. The van der Waals surface area contributed by atoms with Crippen molar-refractivity contribution < 1.29 is 4.79 Å². The highest BCUT2D eigenvalue weighted by atomic mass is 35.5. The van der Waals surface area contributed by atoms with Crippen molar-refractivity contribution in [2.24, 2.45) is 5.73 Å². The average Bonchev–Trinajstić information content (AvgIpc) is 3.10. The van der Waals surface area contributed by atoms with Crippen LogP contribution in [-0.4, -0.2) is 18.0 Å². The highest BCUT2D eigenvalue weighted by Crippen LogP contribution is 2.28. The zero-order valence-corrected chi connectivity index (χ0v) is 14.2. The molecule has 1 aliphatic carbocycles. The quantitative estimate of drug-likeness (QED) is 0.715. The van der Waals surface area contributed by atoms with Gasteiger partial charge in [0.25, 0.3) is 0 Å². The average molecular weight is 331 g/mol. The van der Waals surface area contributed by atoms with Crippen molar-refractivity contribution in [3.05, 3.63) is 22.4 Å². The molecule has 0 saturated heterocycles. The number of carbonyl (C=O) groups is 1. The van der Waals surface area contributed by atoms with Gasteiger partial charge in [0, 0.05) is 17.8 Å². The van der Waals surface area contributed by atoms with Crippen LogP contribution in [0.1, 0.15) is 56.2 Å². The number of thiophene rings is 1. The van der Waals surface area contributed by atoms with Crippen LogP contribution < -0.4 is 11.1 Å². The van der Waals surface area contributed by atoms with Gasteiger partial charge in [0.15, 0.2) is 0 Å². The molecule has 1 amide bonds. The molecular formula is C16H27ClN2OS. The molecule has 1 heterocycles. The second-order valence-electron chi connectivity index (χ2n) is 5.88. The summed E-state index contributed by atoms with van der Waals surface area (Å²) < 4.78 is 0. The van der Waals surface area contributed by atoms with Gasteiger partial charge in [-0.1, -0.05) is 25.3 Å². The van der Waals surface area contributed by atoms with Crippen molar-refractivity contribution in [1.82, 2.24) is 5.32 Å². The van der Waals surface area contributed by atoms with Crippen LogP contribution in [0.2, 0.25) is 0 Å². The minimum atomic E-state index is -0.0892. The fourth-order valence-electron chi connectivity index (χ4n) is 3.01. The van der Waals surface area contributed by atoms with E-state index >= 15 is 0 Å². The van der Waals surface area contributed by atoms with Crippen LogP contribution in [0.3, 0.4) is 0 Å². The van der Waals surface area contributed by atoms with E-state index in [4.69, 9.17) is 5.73 Å². The van der Waals surface area contributed by atoms with E-state index in [0.29, 0.717) is 13.0 Å². The van der Waals surface area contributed by atoms with Gasteiger partial charge in [-0.3, -0.25) is 4.79 Å². The van der Waals surface area contributed by atoms with E-state index in [0.717, 1.165) is 32.1 Å². The molecule has 1 aromatic heterocycles. The first-order valence-electron chi connectivity index (χ1n) is 7.78. The monoisotopic (exact) mass is 330 g/mol. The van der Waals surface area contributed by atoms with Gasteiger partial charge in [0.2, 0.25) is 5.91 Å². The molecule has 21 heavy (non-hydrogen) atoms. The number of nitrogens with two attached hydrogens (primary N) is 1. The van der Waals surface area contributed by atoms with Gasteiger partial charge < -0.3 is 11.1 Å². The van der Waals surface area contributed by atoms with Gasteiger partial charge in [-0.15, -0.1) is 23.7 Å². The maximum atomic E-state index is 12.0. The second-order valence-corrected chi connectivity index (χ2v) is 6.91. The Morgan fingerprint density at radius 3 is 2.67 bits per heavy atom. The van der Waals surface area contributed by atoms with Crippen LogP contribution in [0.25, 0.3) is 0 Å². The molecule has 120 valence electrons. The maximum Gasteiger partial charge on any atom is 0.220 e. The van der Waals surface area contributed by atoms with E-state index in [-0.39, 0.29) is 23.9 Å². The lowest BCUT2D eigenvalue weighted by molar-refractivity contribution is -0.123. The Morgan fingerprint density at radius 1 is 1.29 bits per heavy atom. The van der Waals surface area contributed by atoms with Crippen molar-refractivity contribution in [2.75, 3.05) is 6.54 Å². The second kappa shape index (κ2) is 9.44. The summed E-state index contributed by atoms with van der Waals surface area (Å²) in [5.74, 6) is 0.188. The van der Waals surface area contributed by atoms with E-state index in [1.165, 1.54) is 24.1 Å². The van der Waals surface area contributed by atoms with Gasteiger partial charge in [-0.25, -0.2) is 0 Å². The molecule has 1 aliphatic rings. The van der Waals surface area contributed by atoms with Gasteiger partial charge in [0.05, 0.1) is 5.54 Å². The number of hydrogen-bond donors (Lipinski definition) is 2. The van der Waals surface area contributed by atoms with Crippen molar-refractivity contribution >= 4 is 29.7 Å². The molecule has 3 N–H and O–H groups in total. The lowest BCUT2D eigenvalue weighted by Gasteiger charge is -2.28. The van der Waals surface area contributed by atoms with Gasteiger partial charge in [-0.2, -0.15) is 0 Å². The van der Waals surface area contributed by atoms with Gasteiger partial charge >= 0.3 is 0 Å². The van der Waals surface area contributed by atoms with Crippen LogP contribution in [-0.2, 0) is 11.2 Å². The summed E-state index contributed by atoms with van der Waals surface area (Å²) in [5, 5.41) is 5.31. The molecule has 0 aromatic carbocycles. The van der Waals surface area contributed by atoms with Crippen molar-refractivity contribution in [1.29, 1.82) is 0 Å². The SMILES string of the molecule is Cl.NCC1(NC(=O)CCCCCc2cccs2)CCCC1. The number of unbranched alkanes of at least 4 members (excludes halogenated alkanes) is 2. The summed E-state index contributed by atoms with van der Waals surface area (Å²) in [7, 11) is 0. The predicted octanol–water partition coefficient (Wildman–Crippen LogP) is 3.66. The maximum absolute atomic E-state index is 12.0. The highest BCUT2D eigenvalue weighted by molar-refractivity contribution is 7.09. The standard InChI is InChI=1S/C16H26N2OS.ClH/c17-13-16(10-4-5-11-16)18-15(19)9-3-1-2-7-14-8-6-12-20-14;/h6,8,12H,1-5,7,9-11,13,17H2,(H,18,19);1H. The number of nitrogens with one attached hydrogen (secondary N) is 1. The number of hydrogen-bond acceptors (Lipinski definition) is 3. The third kappa shape index (κ3) is 5.97. The summed E-state index contributed by atoms with van der Waals surface area (Å²) in [6.45, 7) is 0.580. The molecule has 1 fully saturated rings. The Kier molecular flexibility index (Phi) is 8.30. The number of carbonyl (C=O) groups excluding carboxylic acids is 1. The number of amides is 1. The molecule has 5 heteroatoms. The lowest BCUT2D eigenvalue weighted by atomic mass is 9.97. The summed E-state index contributed by atoms with van der Waals surface area (Å²) in [6, 6.07) is 4.28. The van der Waals surface area contributed by atoms with Crippen molar-refractivity contribution in [3.8, 4) is 0 Å². The fraction of sp³-hybridized carbons (Fsp3) is 0.688. The summed E-state index contributed by atoms with van der Waals surface area (Å²) in [6.07, 6.45) is 9.56. The van der Waals surface area contributed by atoms with Gasteiger partial charge in [-0.05, 0) is 43.6 Å². The predicted molar refractivity (Wildman–Crippen MR) is 92.1 cm³/mol. The third-order valence-electron chi connectivity index (χ3n) is 4.26. The molecule has 0 spiro atoms. The zero-order chi connectivity index (χ0) is 14.3. The van der Waals surface area contributed by atoms with Crippen LogP contribution in [0.15, 0.2) is 17.5 Å². The molecule has 0 aliphatic heterocycles. The third-order valence-corrected chi connectivity index (χ3v) is 5.20. The first-order valence-corrected chi connectivity index (χ1v) is 8.65. The number of halogens is 1. The zero-order valence-electron chi connectivity index (χ0n) is 12.6. The number of aryl methyl sites for hydroxylation is 1. The molecule has 2 rings (SSSR count). The van der Waals surface area contributed by atoms with Gasteiger partial charge in [0.1, 0.15) is 0 Å². The Balaban J connectivity index is 0.00000220. The Morgan fingerprint density at radius 2 is 2.05 bits per heavy atom. The summed E-state index contributed by atoms with van der Waals surface area (Å²) in [4.78, 5) is 13.4. The van der Waals surface area contributed by atoms with E-state index in [1.807, 2.05) is 11.3 Å². The largest absolute Gasteiger partial charge is 0.349 e. The normalized spacial score (nSPS) is 16.4. The van der Waals surface area contributed by atoms with E-state index in [1.54, 1.807) is 0 Å². The molecule has 0 bridgehead atoms. The topological polar surface area (TPSA) is 55.1 Å². The molecule has 0 atom stereocenters. The van der Waals surface area contributed by atoms with Crippen LogP contribution in [0.5, 0.6) is 0 Å². The van der Waals surface area contributed by atoms with E-state index < -0.39 is 0 Å². The molecule has 1 aromatic rings. The Labute approximate surface area is 138 Å². The molecule has 3 nitrogen and oxygen atoms in total.